The summed E-state index contributed by atoms with van der Waals surface area (Å²) in [7, 11) is 0. The van der Waals surface area contributed by atoms with Crippen LogP contribution in [0.5, 0.6) is 0 Å². The molecule has 0 aromatic heterocycles. The van der Waals surface area contributed by atoms with Gasteiger partial charge in [0.15, 0.2) is 0 Å². The molecule has 0 heterocycles. The number of non-ortho nitro benzene ring substituents is 1. The van der Waals surface area contributed by atoms with Crippen LogP contribution in [0.2, 0.25) is 0 Å². The summed E-state index contributed by atoms with van der Waals surface area (Å²) in [5, 5.41) is 13.8. The molecule has 0 amide bonds. The number of hydrogen-bond acceptors (Lipinski definition) is 3. The lowest BCUT2D eigenvalue weighted by Gasteiger charge is -2.07. The zero-order valence-corrected chi connectivity index (χ0v) is 9.56. The third kappa shape index (κ3) is 3.38. The molecule has 86 valence electrons. The zero-order chi connectivity index (χ0) is 12.0. The number of benzene rings is 1. The van der Waals surface area contributed by atoms with Crippen LogP contribution >= 0.6 is 0 Å². The first-order valence-electron chi connectivity index (χ1n) is 5.25. The summed E-state index contributed by atoms with van der Waals surface area (Å²) in [4.78, 5) is 10.2. The van der Waals surface area contributed by atoms with Crippen LogP contribution in [-0.2, 0) is 0 Å². The van der Waals surface area contributed by atoms with Gasteiger partial charge in [0.25, 0.3) is 5.69 Å². The van der Waals surface area contributed by atoms with Crippen LogP contribution in [0.3, 0.4) is 0 Å². The molecule has 4 heteroatoms. The number of aryl methyl sites for hydroxylation is 1. The van der Waals surface area contributed by atoms with Gasteiger partial charge in [-0.3, -0.25) is 10.1 Å². The number of nitro benzene ring substituents is 1. The van der Waals surface area contributed by atoms with Gasteiger partial charge in [0, 0.05) is 24.4 Å². The number of hydrogen-bond donors (Lipinski definition) is 1. The van der Waals surface area contributed by atoms with Gasteiger partial charge in [-0.2, -0.15) is 0 Å². The molecule has 1 rings (SSSR count). The second kappa shape index (κ2) is 5.90. The van der Waals surface area contributed by atoms with Crippen LogP contribution < -0.4 is 5.32 Å². The molecule has 0 saturated carbocycles. The van der Waals surface area contributed by atoms with Gasteiger partial charge in [0.1, 0.15) is 0 Å². The van der Waals surface area contributed by atoms with Gasteiger partial charge < -0.3 is 5.32 Å². The molecule has 0 spiro atoms. The Hall–Kier alpha value is -1.84. The number of rotatable bonds is 5. The van der Waals surface area contributed by atoms with Gasteiger partial charge >= 0.3 is 0 Å². The number of anilines is 1. The lowest BCUT2D eigenvalue weighted by molar-refractivity contribution is -0.384. The van der Waals surface area contributed by atoms with Gasteiger partial charge in [-0.25, -0.2) is 0 Å². The number of nitrogens with one attached hydrogen (secondary N) is 1. The van der Waals surface area contributed by atoms with E-state index in [2.05, 4.69) is 11.4 Å². The third-order valence-corrected chi connectivity index (χ3v) is 2.29. The van der Waals surface area contributed by atoms with E-state index in [1.54, 1.807) is 12.1 Å². The van der Waals surface area contributed by atoms with Gasteiger partial charge in [-0.1, -0.05) is 18.2 Å². The van der Waals surface area contributed by atoms with E-state index in [0.29, 0.717) is 0 Å². The molecule has 16 heavy (non-hydrogen) atoms. The average Bonchev–Trinajstić information content (AvgIpc) is 2.26. The van der Waals surface area contributed by atoms with Crippen molar-refractivity contribution in [2.75, 3.05) is 11.9 Å². The Morgan fingerprint density at radius 2 is 2.25 bits per heavy atom. The van der Waals surface area contributed by atoms with E-state index in [4.69, 9.17) is 0 Å². The lowest BCUT2D eigenvalue weighted by Crippen LogP contribution is -2.02. The van der Waals surface area contributed by atoms with Crippen molar-refractivity contribution in [3.8, 4) is 0 Å². The normalized spacial score (nSPS) is 10.6. The highest BCUT2D eigenvalue weighted by Gasteiger charge is 2.07. The molecule has 0 aliphatic rings. The van der Waals surface area contributed by atoms with Crippen molar-refractivity contribution in [3.63, 3.8) is 0 Å². The van der Waals surface area contributed by atoms with Gasteiger partial charge in [0.05, 0.1) is 4.92 Å². The predicted molar refractivity (Wildman–Crippen MR) is 65.8 cm³/mol. The van der Waals surface area contributed by atoms with Crippen molar-refractivity contribution in [1.82, 2.24) is 0 Å². The van der Waals surface area contributed by atoms with Crippen LogP contribution in [0.1, 0.15) is 18.9 Å². The van der Waals surface area contributed by atoms with Crippen LogP contribution in [0, 0.1) is 17.0 Å². The fourth-order valence-corrected chi connectivity index (χ4v) is 1.37. The average molecular weight is 220 g/mol. The van der Waals surface area contributed by atoms with Gasteiger partial charge in [-0.15, -0.1) is 0 Å². The Balaban J connectivity index is 2.70. The second-order valence-electron chi connectivity index (χ2n) is 3.54. The van der Waals surface area contributed by atoms with E-state index in [1.807, 2.05) is 19.9 Å². The molecule has 0 aliphatic carbocycles. The van der Waals surface area contributed by atoms with E-state index in [9.17, 15) is 10.1 Å². The van der Waals surface area contributed by atoms with Crippen molar-refractivity contribution in [2.24, 2.45) is 0 Å². The van der Waals surface area contributed by atoms with Crippen molar-refractivity contribution in [3.05, 3.63) is 46.0 Å². The lowest BCUT2D eigenvalue weighted by atomic mass is 10.2. The molecule has 0 fully saturated rings. The first kappa shape index (κ1) is 12.2. The second-order valence-corrected chi connectivity index (χ2v) is 3.54. The molecule has 0 aliphatic heterocycles. The summed E-state index contributed by atoms with van der Waals surface area (Å²) in [6.45, 7) is 4.69. The molecule has 0 radical (unpaired) electrons. The van der Waals surface area contributed by atoms with Gasteiger partial charge in [0.2, 0.25) is 0 Å². The molecule has 4 nitrogen and oxygen atoms in total. The van der Waals surface area contributed by atoms with E-state index in [1.165, 1.54) is 6.07 Å². The fourth-order valence-electron chi connectivity index (χ4n) is 1.37. The minimum atomic E-state index is -0.378. The van der Waals surface area contributed by atoms with Crippen molar-refractivity contribution >= 4 is 11.4 Å². The van der Waals surface area contributed by atoms with Crippen LogP contribution in [-0.4, -0.2) is 11.5 Å². The number of nitro groups is 1. The summed E-state index contributed by atoms with van der Waals surface area (Å²) >= 11 is 0. The van der Waals surface area contributed by atoms with E-state index in [-0.39, 0.29) is 10.6 Å². The van der Waals surface area contributed by atoms with Crippen molar-refractivity contribution in [1.29, 1.82) is 0 Å². The van der Waals surface area contributed by atoms with Crippen molar-refractivity contribution in [2.45, 2.75) is 20.3 Å². The van der Waals surface area contributed by atoms with Crippen LogP contribution in [0.25, 0.3) is 0 Å². The summed E-state index contributed by atoms with van der Waals surface area (Å²) < 4.78 is 0. The van der Waals surface area contributed by atoms with E-state index in [0.717, 1.165) is 24.2 Å². The standard InChI is InChI=1S/C12H16N2O2/c1-3-4-5-8-13-12-9-11(14(15)16)7-6-10(12)2/h3-4,6-7,9,13H,5,8H2,1-2H3/b4-3+. The molecule has 1 aromatic rings. The highest BCUT2D eigenvalue weighted by molar-refractivity contribution is 5.56. The van der Waals surface area contributed by atoms with E-state index < -0.39 is 0 Å². The Kier molecular flexibility index (Phi) is 4.51. The first-order valence-corrected chi connectivity index (χ1v) is 5.25. The maximum Gasteiger partial charge on any atom is 0.271 e. The molecular formula is C12H16N2O2. The summed E-state index contributed by atoms with van der Waals surface area (Å²) in [6, 6.07) is 4.85. The zero-order valence-electron chi connectivity index (χ0n) is 9.56. The molecule has 1 N–H and O–H groups in total. The predicted octanol–water partition coefficient (Wildman–Crippen LogP) is 3.28. The van der Waals surface area contributed by atoms with Gasteiger partial charge in [-0.05, 0) is 25.8 Å². The summed E-state index contributed by atoms with van der Waals surface area (Å²) in [5.74, 6) is 0. The smallest absolute Gasteiger partial charge is 0.271 e. The maximum absolute atomic E-state index is 10.6. The Morgan fingerprint density at radius 1 is 1.50 bits per heavy atom. The SMILES string of the molecule is C/C=C/CCNc1cc([N+](=O)[O-])ccc1C. The minimum Gasteiger partial charge on any atom is -0.384 e. The van der Waals surface area contributed by atoms with Crippen molar-refractivity contribution < 1.29 is 4.92 Å². The van der Waals surface area contributed by atoms with Crippen LogP contribution in [0.15, 0.2) is 30.4 Å². The fraction of sp³-hybridized carbons (Fsp3) is 0.333. The molecule has 1 aromatic carbocycles. The Bertz CT molecular complexity index is 400. The summed E-state index contributed by atoms with van der Waals surface area (Å²) in [6.07, 6.45) is 4.96. The highest BCUT2D eigenvalue weighted by atomic mass is 16.6. The topological polar surface area (TPSA) is 55.2 Å². The largest absolute Gasteiger partial charge is 0.384 e. The molecule has 0 saturated heterocycles. The third-order valence-electron chi connectivity index (χ3n) is 2.29. The highest BCUT2D eigenvalue weighted by Crippen LogP contribution is 2.21. The molecule has 0 atom stereocenters. The minimum absolute atomic E-state index is 0.124. The monoisotopic (exact) mass is 220 g/mol. The molecule has 0 unspecified atom stereocenters. The molecular weight excluding hydrogens is 204 g/mol. The summed E-state index contributed by atoms with van der Waals surface area (Å²) in [5.41, 5.74) is 1.98. The van der Waals surface area contributed by atoms with Crippen LogP contribution in [0.4, 0.5) is 11.4 Å². The Morgan fingerprint density at radius 3 is 2.88 bits per heavy atom. The Labute approximate surface area is 95.1 Å². The molecule has 0 bridgehead atoms. The number of allylic oxidation sites excluding steroid dienone is 1. The first-order chi connectivity index (χ1) is 7.65. The van der Waals surface area contributed by atoms with E-state index >= 15 is 0 Å². The quantitative estimate of drug-likeness (QED) is 0.358. The maximum atomic E-state index is 10.6. The number of nitrogens with zero attached hydrogens (tertiary/aromatic N) is 1.